The molecule has 0 fully saturated rings. The monoisotopic (exact) mass is 277 g/mol. The van der Waals surface area contributed by atoms with Crippen molar-refractivity contribution < 1.29 is 0 Å². The van der Waals surface area contributed by atoms with Gasteiger partial charge in [0.25, 0.3) is 0 Å². The lowest BCUT2D eigenvalue weighted by Crippen LogP contribution is -2.19. The molecule has 2 aromatic carbocycles. The fourth-order valence-electron chi connectivity index (χ4n) is 2.98. The van der Waals surface area contributed by atoms with Crippen LogP contribution >= 0.6 is 0 Å². The second-order valence-corrected chi connectivity index (χ2v) is 5.40. The quantitative estimate of drug-likeness (QED) is 0.914. The summed E-state index contributed by atoms with van der Waals surface area (Å²) in [6.45, 7) is 1.42. The van der Waals surface area contributed by atoms with E-state index in [1.807, 2.05) is 18.2 Å². The third-order valence-electron chi connectivity index (χ3n) is 4.07. The Kier molecular flexibility index (Phi) is 3.89. The van der Waals surface area contributed by atoms with E-state index in [2.05, 4.69) is 35.2 Å². The molecule has 1 aliphatic heterocycles. The highest BCUT2D eigenvalue weighted by Gasteiger charge is 2.18. The minimum absolute atomic E-state index is 0.464. The van der Waals surface area contributed by atoms with Crippen LogP contribution in [0.1, 0.15) is 29.5 Å². The fraction of sp³-hybridized carbons (Fsp3) is 0.278. The summed E-state index contributed by atoms with van der Waals surface area (Å²) in [6.07, 6.45) is 3.43. The molecule has 0 atom stereocenters. The van der Waals surface area contributed by atoms with E-state index in [-0.39, 0.29) is 0 Å². The van der Waals surface area contributed by atoms with Crippen molar-refractivity contribution in [3.05, 3.63) is 59.2 Å². The first-order valence-electron chi connectivity index (χ1n) is 7.42. The van der Waals surface area contributed by atoms with Crippen molar-refractivity contribution in [1.82, 2.24) is 0 Å². The summed E-state index contributed by atoms with van der Waals surface area (Å²) in [6, 6.07) is 16.8. The van der Waals surface area contributed by atoms with Gasteiger partial charge in [0.05, 0.1) is 11.3 Å². The lowest BCUT2D eigenvalue weighted by atomic mass is 10.1. The summed E-state index contributed by atoms with van der Waals surface area (Å²) >= 11 is 0. The van der Waals surface area contributed by atoms with Gasteiger partial charge in [0.2, 0.25) is 0 Å². The molecule has 0 spiro atoms. The van der Waals surface area contributed by atoms with E-state index in [1.165, 1.54) is 17.7 Å². The molecule has 0 saturated heterocycles. The summed E-state index contributed by atoms with van der Waals surface area (Å²) in [7, 11) is 0. The molecule has 3 heteroatoms. The number of nitriles is 1. The average molecular weight is 277 g/mol. The lowest BCUT2D eigenvalue weighted by molar-refractivity contribution is 0.761. The van der Waals surface area contributed by atoms with Gasteiger partial charge in [0.15, 0.2) is 0 Å². The minimum Gasteiger partial charge on any atom is -0.340 e. The predicted molar refractivity (Wildman–Crippen MR) is 85.4 cm³/mol. The topological polar surface area (TPSA) is 53.1 Å². The normalized spacial score (nSPS) is 14.2. The first kappa shape index (κ1) is 13.7. The summed E-state index contributed by atoms with van der Waals surface area (Å²) < 4.78 is 0. The number of hydrogen-bond acceptors (Lipinski definition) is 3. The first-order chi connectivity index (χ1) is 10.3. The van der Waals surface area contributed by atoms with E-state index in [1.54, 1.807) is 0 Å². The Bertz CT molecular complexity index is 685. The molecule has 0 aromatic heterocycles. The van der Waals surface area contributed by atoms with Crippen molar-refractivity contribution in [3.63, 3.8) is 0 Å². The van der Waals surface area contributed by atoms with E-state index in [9.17, 15) is 5.26 Å². The Hall–Kier alpha value is -2.31. The maximum atomic E-state index is 9.47. The highest BCUT2D eigenvalue weighted by Crippen LogP contribution is 2.34. The molecule has 0 radical (unpaired) electrons. The van der Waals surface area contributed by atoms with Gasteiger partial charge >= 0.3 is 0 Å². The van der Waals surface area contributed by atoms with Crippen LogP contribution in [0.4, 0.5) is 11.4 Å². The number of hydrogen-bond donors (Lipinski definition) is 1. The van der Waals surface area contributed by atoms with Gasteiger partial charge in [-0.05, 0) is 48.6 Å². The largest absolute Gasteiger partial charge is 0.340 e. The summed E-state index contributed by atoms with van der Waals surface area (Å²) in [5, 5.41) is 9.47. The summed E-state index contributed by atoms with van der Waals surface area (Å²) in [5.74, 6) is 0. The highest BCUT2D eigenvalue weighted by atomic mass is 15.1. The standard InChI is InChI=1S/C18H19N3/c19-12-14-8-9-18(16(11-14)13-20)21-10-4-3-6-15-5-1-2-7-17(15)21/h1-2,5,7-9,11H,3-4,6,10,12,19H2. The molecular weight excluding hydrogens is 258 g/mol. The molecule has 2 aromatic rings. The smallest absolute Gasteiger partial charge is 0.101 e. The van der Waals surface area contributed by atoms with Crippen LogP contribution in [0, 0.1) is 11.3 Å². The van der Waals surface area contributed by atoms with E-state index in [4.69, 9.17) is 5.73 Å². The Balaban J connectivity index is 2.10. The van der Waals surface area contributed by atoms with Gasteiger partial charge in [-0.3, -0.25) is 0 Å². The number of anilines is 2. The zero-order valence-corrected chi connectivity index (χ0v) is 12.0. The number of rotatable bonds is 2. The molecule has 0 saturated carbocycles. The second-order valence-electron chi connectivity index (χ2n) is 5.40. The van der Waals surface area contributed by atoms with Crippen molar-refractivity contribution >= 4 is 11.4 Å². The van der Waals surface area contributed by atoms with Gasteiger partial charge in [0, 0.05) is 18.8 Å². The van der Waals surface area contributed by atoms with Gasteiger partial charge in [-0.1, -0.05) is 24.3 Å². The summed E-state index contributed by atoms with van der Waals surface area (Å²) in [5.41, 5.74) is 11.0. The zero-order chi connectivity index (χ0) is 14.7. The van der Waals surface area contributed by atoms with Crippen LogP contribution in [0.15, 0.2) is 42.5 Å². The molecule has 2 N–H and O–H groups in total. The summed E-state index contributed by atoms with van der Waals surface area (Å²) in [4.78, 5) is 2.28. The highest BCUT2D eigenvalue weighted by molar-refractivity contribution is 5.72. The van der Waals surface area contributed by atoms with Gasteiger partial charge in [0.1, 0.15) is 6.07 Å². The van der Waals surface area contributed by atoms with E-state index >= 15 is 0 Å². The number of para-hydroxylation sites is 1. The Morgan fingerprint density at radius 1 is 1.10 bits per heavy atom. The van der Waals surface area contributed by atoms with Crippen molar-refractivity contribution in [1.29, 1.82) is 5.26 Å². The van der Waals surface area contributed by atoms with Crippen molar-refractivity contribution in [3.8, 4) is 6.07 Å². The van der Waals surface area contributed by atoms with Gasteiger partial charge in [-0.2, -0.15) is 5.26 Å². The molecule has 3 rings (SSSR count). The fourth-order valence-corrected chi connectivity index (χ4v) is 2.98. The number of fused-ring (bicyclic) bond motifs is 1. The van der Waals surface area contributed by atoms with Crippen LogP contribution in [-0.4, -0.2) is 6.54 Å². The van der Waals surface area contributed by atoms with Crippen LogP contribution in [0.25, 0.3) is 0 Å². The van der Waals surface area contributed by atoms with E-state index in [0.29, 0.717) is 12.1 Å². The second kappa shape index (κ2) is 5.99. The first-order valence-corrected chi connectivity index (χ1v) is 7.42. The molecule has 21 heavy (non-hydrogen) atoms. The molecule has 0 aliphatic carbocycles. The van der Waals surface area contributed by atoms with Crippen LogP contribution < -0.4 is 10.6 Å². The van der Waals surface area contributed by atoms with E-state index in [0.717, 1.165) is 30.6 Å². The van der Waals surface area contributed by atoms with E-state index < -0.39 is 0 Å². The Labute approximate surface area is 125 Å². The molecular formula is C18H19N3. The van der Waals surface area contributed by atoms with Gasteiger partial charge in [-0.15, -0.1) is 0 Å². The van der Waals surface area contributed by atoms with Gasteiger partial charge < -0.3 is 10.6 Å². The molecule has 0 amide bonds. The molecule has 1 heterocycles. The van der Waals surface area contributed by atoms with Crippen molar-refractivity contribution in [2.24, 2.45) is 5.73 Å². The number of aryl methyl sites for hydroxylation is 1. The number of nitrogens with zero attached hydrogens (tertiary/aromatic N) is 2. The van der Waals surface area contributed by atoms with Crippen LogP contribution in [0.2, 0.25) is 0 Å². The Morgan fingerprint density at radius 3 is 2.76 bits per heavy atom. The Morgan fingerprint density at radius 2 is 1.95 bits per heavy atom. The molecule has 1 aliphatic rings. The predicted octanol–water partition coefficient (Wildman–Crippen LogP) is 3.49. The minimum atomic E-state index is 0.464. The van der Waals surface area contributed by atoms with Crippen molar-refractivity contribution in [2.75, 3.05) is 11.4 Å². The van der Waals surface area contributed by atoms with Crippen LogP contribution in [0.3, 0.4) is 0 Å². The third-order valence-corrected chi connectivity index (χ3v) is 4.07. The molecule has 106 valence electrons. The zero-order valence-electron chi connectivity index (χ0n) is 12.0. The molecule has 0 unspecified atom stereocenters. The van der Waals surface area contributed by atoms with Crippen molar-refractivity contribution in [2.45, 2.75) is 25.8 Å². The maximum absolute atomic E-state index is 9.47. The average Bonchev–Trinajstić information content (AvgIpc) is 2.76. The van der Waals surface area contributed by atoms with Gasteiger partial charge in [-0.25, -0.2) is 0 Å². The SMILES string of the molecule is N#Cc1cc(CN)ccc1N1CCCCc2ccccc21. The number of benzene rings is 2. The third kappa shape index (κ3) is 2.63. The van der Waals surface area contributed by atoms with Crippen LogP contribution in [0.5, 0.6) is 0 Å². The maximum Gasteiger partial charge on any atom is 0.101 e. The molecule has 0 bridgehead atoms. The lowest BCUT2D eigenvalue weighted by Gasteiger charge is -2.26. The number of nitrogens with two attached hydrogens (primary N) is 1. The molecule has 3 nitrogen and oxygen atoms in total. The van der Waals surface area contributed by atoms with Crippen LogP contribution in [-0.2, 0) is 13.0 Å².